The molecule has 1 saturated heterocycles. The highest BCUT2D eigenvalue weighted by molar-refractivity contribution is 5.83. The molecule has 0 saturated carbocycles. The van der Waals surface area contributed by atoms with E-state index in [4.69, 9.17) is 4.74 Å². The number of imidazole rings is 1. The number of ether oxygens (including phenoxy) is 1. The summed E-state index contributed by atoms with van der Waals surface area (Å²) in [5.74, 6) is 2.03. The number of aryl methyl sites for hydroxylation is 1. The van der Waals surface area contributed by atoms with Gasteiger partial charge in [0.2, 0.25) is 5.88 Å². The molecule has 0 atom stereocenters. The number of anilines is 1. The van der Waals surface area contributed by atoms with Crippen molar-refractivity contribution in [3.8, 4) is 5.88 Å². The first-order chi connectivity index (χ1) is 11.8. The molecule has 0 bridgehead atoms. The lowest BCUT2D eigenvalue weighted by molar-refractivity contribution is 0.215. The van der Waals surface area contributed by atoms with Gasteiger partial charge in [0.15, 0.2) is 17.0 Å². The van der Waals surface area contributed by atoms with Crippen LogP contribution in [0, 0.1) is 5.92 Å². The number of hydrogen-bond donors (Lipinski definition) is 0. The Morgan fingerprint density at radius 1 is 1.12 bits per heavy atom. The van der Waals surface area contributed by atoms with Crippen LogP contribution < -0.4 is 9.64 Å². The van der Waals surface area contributed by atoms with Crippen molar-refractivity contribution in [1.82, 2.24) is 29.5 Å². The van der Waals surface area contributed by atoms with Crippen LogP contribution in [0.5, 0.6) is 5.88 Å². The van der Waals surface area contributed by atoms with Crippen LogP contribution in [0.15, 0.2) is 31.2 Å². The van der Waals surface area contributed by atoms with Gasteiger partial charge in [-0.05, 0) is 18.8 Å². The monoisotopic (exact) mass is 325 g/mol. The number of fused-ring (bicyclic) bond motifs is 1. The van der Waals surface area contributed by atoms with Crippen molar-refractivity contribution in [3.05, 3.63) is 31.2 Å². The number of piperidine rings is 1. The van der Waals surface area contributed by atoms with Crippen molar-refractivity contribution >= 4 is 17.0 Å². The molecule has 124 valence electrons. The van der Waals surface area contributed by atoms with Crippen LogP contribution in [-0.4, -0.2) is 49.2 Å². The van der Waals surface area contributed by atoms with Gasteiger partial charge in [0.05, 0.1) is 19.1 Å². The SMILES string of the molecule is Cn1cnc2c(N3CCC(COc4cnccn4)CC3)ncnc21. The summed E-state index contributed by atoms with van der Waals surface area (Å²) < 4.78 is 7.65. The number of hydrogen-bond acceptors (Lipinski definition) is 7. The highest BCUT2D eigenvalue weighted by Crippen LogP contribution is 2.26. The van der Waals surface area contributed by atoms with Crippen molar-refractivity contribution in [2.24, 2.45) is 13.0 Å². The minimum Gasteiger partial charge on any atom is -0.476 e. The second kappa shape index (κ2) is 6.38. The molecule has 4 heterocycles. The normalized spacial score (nSPS) is 15.8. The molecule has 3 aromatic heterocycles. The van der Waals surface area contributed by atoms with E-state index in [1.165, 1.54) is 0 Å². The average molecular weight is 325 g/mol. The topological polar surface area (TPSA) is 81.9 Å². The Hall–Kier alpha value is -2.77. The number of aromatic nitrogens is 6. The van der Waals surface area contributed by atoms with Gasteiger partial charge >= 0.3 is 0 Å². The molecule has 0 aromatic carbocycles. The molecule has 8 nitrogen and oxygen atoms in total. The largest absolute Gasteiger partial charge is 0.476 e. The molecule has 1 aliphatic rings. The van der Waals surface area contributed by atoms with Gasteiger partial charge in [0, 0.05) is 32.5 Å². The van der Waals surface area contributed by atoms with Crippen LogP contribution in [0.3, 0.4) is 0 Å². The molecule has 8 heteroatoms. The van der Waals surface area contributed by atoms with Crippen LogP contribution in [0.2, 0.25) is 0 Å². The van der Waals surface area contributed by atoms with E-state index < -0.39 is 0 Å². The second-order valence-corrected chi connectivity index (χ2v) is 6.01. The predicted octanol–water partition coefficient (Wildman–Crippen LogP) is 1.45. The minimum absolute atomic E-state index is 0.518. The molecule has 1 fully saturated rings. The van der Waals surface area contributed by atoms with E-state index in [0.717, 1.165) is 42.9 Å². The Morgan fingerprint density at radius 2 is 2.00 bits per heavy atom. The minimum atomic E-state index is 0.518. The fourth-order valence-electron chi connectivity index (χ4n) is 3.04. The number of nitrogens with zero attached hydrogens (tertiary/aromatic N) is 7. The van der Waals surface area contributed by atoms with E-state index in [9.17, 15) is 0 Å². The van der Waals surface area contributed by atoms with Crippen molar-refractivity contribution in [1.29, 1.82) is 0 Å². The summed E-state index contributed by atoms with van der Waals surface area (Å²) in [7, 11) is 1.95. The Bertz CT molecular complexity index is 812. The summed E-state index contributed by atoms with van der Waals surface area (Å²) in [6.07, 6.45) is 10.4. The molecule has 0 N–H and O–H groups in total. The summed E-state index contributed by atoms with van der Waals surface area (Å²) in [6.45, 7) is 2.56. The maximum Gasteiger partial charge on any atom is 0.232 e. The van der Waals surface area contributed by atoms with Gasteiger partial charge in [-0.2, -0.15) is 0 Å². The first kappa shape index (κ1) is 14.8. The van der Waals surface area contributed by atoms with E-state index in [0.29, 0.717) is 18.4 Å². The van der Waals surface area contributed by atoms with E-state index in [-0.39, 0.29) is 0 Å². The molecular weight excluding hydrogens is 306 g/mol. The first-order valence-corrected chi connectivity index (χ1v) is 8.07. The lowest BCUT2D eigenvalue weighted by atomic mass is 9.98. The molecular formula is C16H19N7O. The third-order valence-electron chi connectivity index (χ3n) is 4.40. The van der Waals surface area contributed by atoms with Gasteiger partial charge in [-0.1, -0.05) is 0 Å². The van der Waals surface area contributed by atoms with Crippen LogP contribution in [0.4, 0.5) is 5.82 Å². The van der Waals surface area contributed by atoms with Crippen molar-refractivity contribution in [2.45, 2.75) is 12.8 Å². The Morgan fingerprint density at radius 3 is 2.79 bits per heavy atom. The Balaban J connectivity index is 1.39. The maximum atomic E-state index is 5.73. The third kappa shape index (κ3) is 2.86. The number of rotatable bonds is 4. The first-order valence-electron chi connectivity index (χ1n) is 8.07. The zero-order chi connectivity index (χ0) is 16.4. The molecule has 0 spiro atoms. The smallest absolute Gasteiger partial charge is 0.232 e. The highest BCUT2D eigenvalue weighted by atomic mass is 16.5. The van der Waals surface area contributed by atoms with Gasteiger partial charge in [-0.3, -0.25) is 4.98 Å². The standard InChI is InChI=1S/C16H19N7O/c1-22-11-21-14-15(22)19-10-20-16(14)23-6-2-12(3-7-23)9-24-13-8-17-4-5-18-13/h4-5,8,10-12H,2-3,6-7,9H2,1H3. The quantitative estimate of drug-likeness (QED) is 0.718. The summed E-state index contributed by atoms with van der Waals surface area (Å²) in [5, 5.41) is 0. The van der Waals surface area contributed by atoms with Crippen LogP contribution in [0.1, 0.15) is 12.8 Å². The fourth-order valence-corrected chi connectivity index (χ4v) is 3.04. The summed E-state index contributed by atoms with van der Waals surface area (Å²) in [5.41, 5.74) is 1.74. The molecule has 0 amide bonds. The molecule has 24 heavy (non-hydrogen) atoms. The van der Waals surface area contributed by atoms with Crippen LogP contribution >= 0.6 is 0 Å². The van der Waals surface area contributed by atoms with E-state index >= 15 is 0 Å². The van der Waals surface area contributed by atoms with Crippen molar-refractivity contribution < 1.29 is 4.74 Å². The molecule has 3 aromatic rings. The second-order valence-electron chi connectivity index (χ2n) is 6.01. The zero-order valence-electron chi connectivity index (χ0n) is 13.5. The average Bonchev–Trinajstić information content (AvgIpc) is 3.03. The van der Waals surface area contributed by atoms with E-state index in [1.807, 2.05) is 11.6 Å². The van der Waals surface area contributed by atoms with Crippen LogP contribution in [0.25, 0.3) is 11.2 Å². The molecule has 4 rings (SSSR count). The van der Waals surface area contributed by atoms with Crippen molar-refractivity contribution in [3.63, 3.8) is 0 Å². The predicted molar refractivity (Wildman–Crippen MR) is 88.8 cm³/mol. The van der Waals surface area contributed by atoms with Gasteiger partial charge in [0.1, 0.15) is 6.33 Å². The molecule has 0 radical (unpaired) electrons. The van der Waals surface area contributed by atoms with Crippen LogP contribution in [-0.2, 0) is 7.05 Å². The molecule has 0 unspecified atom stereocenters. The van der Waals surface area contributed by atoms with Gasteiger partial charge in [-0.25, -0.2) is 19.9 Å². The summed E-state index contributed by atoms with van der Waals surface area (Å²) in [6, 6.07) is 0. The Labute approximate surface area is 139 Å². The molecule has 1 aliphatic heterocycles. The van der Waals surface area contributed by atoms with E-state index in [1.54, 1.807) is 31.2 Å². The lowest BCUT2D eigenvalue weighted by Crippen LogP contribution is -2.36. The van der Waals surface area contributed by atoms with Crippen molar-refractivity contribution in [2.75, 3.05) is 24.6 Å². The van der Waals surface area contributed by atoms with Gasteiger partial charge in [-0.15, -0.1) is 0 Å². The maximum absolute atomic E-state index is 5.73. The fraction of sp³-hybridized carbons (Fsp3) is 0.438. The Kier molecular flexibility index (Phi) is 3.94. The van der Waals surface area contributed by atoms with Gasteiger partial charge in [0.25, 0.3) is 0 Å². The van der Waals surface area contributed by atoms with Gasteiger partial charge < -0.3 is 14.2 Å². The zero-order valence-corrected chi connectivity index (χ0v) is 13.5. The summed E-state index contributed by atoms with van der Waals surface area (Å²) >= 11 is 0. The third-order valence-corrected chi connectivity index (χ3v) is 4.40. The highest BCUT2D eigenvalue weighted by Gasteiger charge is 2.23. The lowest BCUT2D eigenvalue weighted by Gasteiger charge is -2.32. The summed E-state index contributed by atoms with van der Waals surface area (Å²) in [4.78, 5) is 23.6. The molecule has 0 aliphatic carbocycles. The van der Waals surface area contributed by atoms with E-state index in [2.05, 4.69) is 29.8 Å².